The van der Waals surface area contributed by atoms with Crippen molar-refractivity contribution in [1.29, 1.82) is 0 Å². The van der Waals surface area contributed by atoms with Gasteiger partial charge in [-0.3, -0.25) is 44.1 Å². The van der Waals surface area contributed by atoms with Crippen molar-refractivity contribution in [2.24, 2.45) is 0 Å². The number of benzene rings is 3. The number of terminal acetylenes is 1. The monoisotopic (exact) mass is 1130 g/mol. The van der Waals surface area contributed by atoms with E-state index in [1.165, 1.54) is 48.7 Å². The van der Waals surface area contributed by atoms with Crippen molar-refractivity contribution in [1.82, 2.24) is 40.7 Å². The van der Waals surface area contributed by atoms with Crippen molar-refractivity contribution >= 4 is 68.8 Å². The van der Waals surface area contributed by atoms with E-state index >= 15 is 8.78 Å². The first-order valence-electron chi connectivity index (χ1n) is 27.3. The number of halogens is 2. The molecule has 0 aliphatic carbocycles. The molecule has 5 fully saturated rings. The van der Waals surface area contributed by atoms with Gasteiger partial charge in [0.05, 0.1) is 79.4 Å². The SMILES string of the molecule is C#Cc1c(F)ccc2cc(O)cc(-c3ncc4c(N5CC6CCC(C5)N6)nc(OCC56CC[C@@H](COC(=O)NCCOCCOCCOCCC(=O)Nc7cccc8c7C(=O)N(C7CCC(=O)NC7=O)C8=O)N5CC(=C)C6)nc4c3F)c12. The van der Waals surface area contributed by atoms with Gasteiger partial charge in [0.1, 0.15) is 47.9 Å². The lowest BCUT2D eigenvalue weighted by atomic mass is 9.94. The number of hydrogen-bond donors (Lipinski definition) is 5. The third kappa shape index (κ3) is 11.3. The van der Waals surface area contributed by atoms with Gasteiger partial charge in [-0.15, -0.1) is 6.42 Å². The van der Waals surface area contributed by atoms with Gasteiger partial charge >= 0.3 is 12.1 Å². The summed E-state index contributed by atoms with van der Waals surface area (Å²) in [7, 11) is 0. The van der Waals surface area contributed by atoms with Gasteiger partial charge in [-0.25, -0.2) is 13.6 Å². The Morgan fingerprint density at radius 2 is 1.70 bits per heavy atom. The number of fused-ring (bicyclic) bond motifs is 6. The summed E-state index contributed by atoms with van der Waals surface area (Å²) in [6, 6.07) is 9.01. The van der Waals surface area contributed by atoms with Crippen LogP contribution in [0.5, 0.6) is 11.8 Å². The van der Waals surface area contributed by atoms with Crippen LogP contribution in [0.15, 0.2) is 60.8 Å². The van der Waals surface area contributed by atoms with Crippen LogP contribution in [0.3, 0.4) is 0 Å². The van der Waals surface area contributed by atoms with Crippen LogP contribution in [0.2, 0.25) is 0 Å². The Bertz CT molecular complexity index is 3460. The second-order valence-corrected chi connectivity index (χ2v) is 21.3. The molecular weight excluding hydrogens is 1070 g/mol. The lowest BCUT2D eigenvalue weighted by Crippen LogP contribution is -2.54. The number of aromatic hydroxyl groups is 1. The third-order valence-corrected chi connectivity index (χ3v) is 15.9. The highest BCUT2D eigenvalue weighted by molar-refractivity contribution is 6.26. The van der Waals surface area contributed by atoms with Gasteiger partial charge in [0.2, 0.25) is 17.7 Å². The number of pyridine rings is 1. The summed E-state index contributed by atoms with van der Waals surface area (Å²) in [4.78, 5) is 95.3. The molecule has 2 bridgehead atoms. The lowest BCUT2D eigenvalue weighted by molar-refractivity contribution is -0.136. The first kappa shape index (κ1) is 55.7. The van der Waals surface area contributed by atoms with Crippen LogP contribution in [0, 0.1) is 24.0 Å². The van der Waals surface area contributed by atoms with E-state index < -0.39 is 58.8 Å². The van der Waals surface area contributed by atoms with Crippen LogP contribution in [-0.4, -0.2) is 174 Å². The second kappa shape index (κ2) is 23.7. The number of hydrogen-bond acceptors (Lipinski definition) is 18. The quantitative estimate of drug-likeness (QED) is 0.0293. The number of piperazine rings is 1. The fourth-order valence-corrected chi connectivity index (χ4v) is 12.2. The molecule has 3 aromatic carbocycles. The molecule has 6 amide bonds. The number of carbonyl (C=O) groups excluding carboxylic acids is 6. The number of imide groups is 2. The molecule has 11 rings (SSSR count). The number of anilines is 2. The Kier molecular flexibility index (Phi) is 16.1. The molecule has 0 radical (unpaired) electrons. The van der Waals surface area contributed by atoms with E-state index in [-0.39, 0.29) is 153 Å². The van der Waals surface area contributed by atoms with Crippen molar-refractivity contribution in [2.45, 2.75) is 81.1 Å². The summed E-state index contributed by atoms with van der Waals surface area (Å²) < 4.78 is 61.1. The molecule has 0 spiro atoms. The van der Waals surface area contributed by atoms with Crippen molar-refractivity contribution in [3.05, 3.63) is 89.1 Å². The summed E-state index contributed by atoms with van der Waals surface area (Å²) in [6.07, 6.45) is 10.6. The number of amides is 6. The van der Waals surface area contributed by atoms with E-state index in [4.69, 9.17) is 35.1 Å². The molecular formula is C58H60F2N10O12. The Morgan fingerprint density at radius 1 is 0.927 bits per heavy atom. The van der Waals surface area contributed by atoms with Crippen molar-refractivity contribution in [2.75, 3.05) is 89.3 Å². The Hall–Kier alpha value is -8.21. The molecule has 5 N–H and O–H groups in total. The summed E-state index contributed by atoms with van der Waals surface area (Å²) in [5, 5.41) is 22.9. The van der Waals surface area contributed by atoms with Crippen LogP contribution >= 0.6 is 0 Å². The van der Waals surface area contributed by atoms with Gasteiger partial charge in [-0.2, -0.15) is 9.97 Å². The average Bonchev–Trinajstić information content (AvgIpc) is 4.31. The standard InChI is InChI=1S/C58H60F2N10O12/c1-3-38-42(59)10-7-33-23-37(71)24-40(47(33)38)50-49(60)51-41(26-62-50)52(68-28-34-8-9-35(29-68)63-34)67-56(66-51)82-31-58-15-13-36(69(58)27-32(2)25-58)30-81-57(77)61-16-18-79-20-22-80-21-19-78-17-14-46(73)64-43-6-4-5-39-48(43)55(76)70(54(39)75)44-11-12-45(72)65-53(44)74/h1,4-7,10,23-24,26,34-36,44,63,71H,2,8-9,11-22,25,27-31H2,(H,61,77)(H,64,73)(H,65,72,74)/t34?,35?,36-,44?,58?/m0/s1. The first-order chi connectivity index (χ1) is 39.7. The first-order valence-corrected chi connectivity index (χ1v) is 27.3. The number of piperidine rings is 1. The molecule has 8 heterocycles. The van der Waals surface area contributed by atoms with Crippen molar-refractivity contribution in [3.8, 4) is 35.4 Å². The van der Waals surface area contributed by atoms with Gasteiger partial charge in [0, 0.05) is 67.9 Å². The number of nitrogens with zero attached hydrogens (tertiary/aromatic N) is 6. The number of aromatic nitrogens is 3. The number of alkyl carbamates (subject to hydrolysis) is 1. The molecule has 82 heavy (non-hydrogen) atoms. The van der Waals surface area contributed by atoms with Crippen LogP contribution < -0.4 is 30.9 Å². The molecule has 6 aliphatic heterocycles. The highest BCUT2D eigenvalue weighted by Gasteiger charge is 2.52. The van der Waals surface area contributed by atoms with Gasteiger partial charge in [0.15, 0.2) is 5.82 Å². The van der Waals surface area contributed by atoms with E-state index in [9.17, 15) is 33.9 Å². The normalized spacial score (nSPS) is 22.2. The molecule has 5 saturated heterocycles. The van der Waals surface area contributed by atoms with Crippen LogP contribution in [-0.2, 0) is 33.3 Å². The largest absolute Gasteiger partial charge is 0.508 e. The minimum absolute atomic E-state index is 0.0115. The van der Waals surface area contributed by atoms with Gasteiger partial charge in [0.25, 0.3) is 11.8 Å². The van der Waals surface area contributed by atoms with Crippen molar-refractivity contribution in [3.63, 3.8) is 0 Å². The minimum Gasteiger partial charge on any atom is -0.508 e. The predicted octanol–water partition coefficient (Wildman–Crippen LogP) is 4.50. The molecule has 22 nitrogen and oxygen atoms in total. The maximum Gasteiger partial charge on any atom is 0.407 e. The summed E-state index contributed by atoms with van der Waals surface area (Å²) in [5.41, 5.74) is 0.421. The Balaban J connectivity index is 0.619. The number of nitrogens with one attached hydrogen (secondary N) is 4. The average molecular weight is 1130 g/mol. The van der Waals surface area contributed by atoms with Crippen LogP contribution in [0.4, 0.5) is 25.1 Å². The molecule has 428 valence electrons. The maximum absolute atomic E-state index is 17.2. The summed E-state index contributed by atoms with van der Waals surface area (Å²) in [6.45, 7) is 7.74. The van der Waals surface area contributed by atoms with Crippen LogP contribution in [0.1, 0.15) is 77.6 Å². The van der Waals surface area contributed by atoms with Crippen LogP contribution in [0.25, 0.3) is 32.9 Å². The molecule has 24 heteroatoms. The van der Waals surface area contributed by atoms with E-state index in [0.717, 1.165) is 23.3 Å². The zero-order valence-corrected chi connectivity index (χ0v) is 44.7. The van der Waals surface area contributed by atoms with E-state index in [1.807, 2.05) is 0 Å². The Labute approximate surface area is 469 Å². The highest BCUT2D eigenvalue weighted by Crippen LogP contribution is 2.45. The zero-order chi connectivity index (χ0) is 57.2. The molecule has 4 unspecified atom stereocenters. The van der Waals surface area contributed by atoms with E-state index in [0.29, 0.717) is 55.5 Å². The summed E-state index contributed by atoms with van der Waals surface area (Å²) >= 11 is 0. The maximum atomic E-state index is 17.2. The number of rotatable bonds is 21. The second-order valence-electron chi connectivity index (χ2n) is 21.3. The van der Waals surface area contributed by atoms with Gasteiger partial charge < -0.3 is 49.6 Å². The molecule has 2 aromatic heterocycles. The molecule has 5 atom stereocenters. The molecule has 0 saturated carbocycles. The lowest BCUT2D eigenvalue weighted by Gasteiger charge is -2.35. The fourth-order valence-electron chi connectivity index (χ4n) is 12.2. The highest BCUT2D eigenvalue weighted by atomic mass is 19.1. The smallest absolute Gasteiger partial charge is 0.407 e. The third-order valence-electron chi connectivity index (χ3n) is 15.9. The number of ether oxygens (including phenoxy) is 5. The number of phenolic OH excluding ortho intramolecular Hbond substituents is 1. The van der Waals surface area contributed by atoms with E-state index in [2.05, 4.69) is 53.5 Å². The van der Waals surface area contributed by atoms with E-state index in [1.54, 1.807) is 0 Å². The number of carbonyl (C=O) groups is 6. The Morgan fingerprint density at radius 3 is 2.46 bits per heavy atom. The minimum atomic E-state index is -1.13. The van der Waals surface area contributed by atoms with Crippen molar-refractivity contribution < 1.29 is 66.3 Å². The summed E-state index contributed by atoms with van der Waals surface area (Å²) in [5.74, 6) is -1.87. The topological polar surface area (TPSA) is 265 Å². The zero-order valence-electron chi connectivity index (χ0n) is 44.7. The van der Waals surface area contributed by atoms with Gasteiger partial charge in [-0.05, 0) is 74.2 Å². The fraction of sp³-hybridized carbons (Fsp3) is 0.431. The predicted molar refractivity (Wildman–Crippen MR) is 292 cm³/mol. The van der Waals surface area contributed by atoms with Gasteiger partial charge in [-0.1, -0.05) is 30.2 Å². The molecule has 6 aliphatic rings. The molecule has 5 aromatic rings. The number of phenols is 1.